The largest absolute Gasteiger partial charge is 0.371 e. The Balaban J connectivity index is 1.54. The maximum Gasteiger partial charge on any atom is 0.255 e. The number of nitrogens with zero attached hydrogens (tertiary/aromatic N) is 1. The number of hydrogen-bond donors (Lipinski definition) is 2. The van der Waals surface area contributed by atoms with E-state index in [1.54, 1.807) is 0 Å². The van der Waals surface area contributed by atoms with Crippen LogP contribution >= 0.6 is 0 Å². The molecule has 0 atom stereocenters. The summed E-state index contributed by atoms with van der Waals surface area (Å²) >= 11 is 0. The number of anilines is 2. The van der Waals surface area contributed by atoms with Gasteiger partial charge in [-0.05, 0) is 72.9 Å². The van der Waals surface area contributed by atoms with Crippen molar-refractivity contribution in [1.29, 1.82) is 0 Å². The number of benzene rings is 2. The lowest BCUT2D eigenvalue weighted by Crippen LogP contribution is -2.35. The molecule has 2 aliphatic rings. The van der Waals surface area contributed by atoms with Crippen LogP contribution in [0.5, 0.6) is 0 Å². The highest BCUT2D eigenvalue weighted by Gasteiger charge is 2.27. The second kappa shape index (κ2) is 8.97. The van der Waals surface area contributed by atoms with Crippen molar-refractivity contribution in [3.8, 4) is 0 Å². The molecular formula is C27H35N3O2. The number of carbonyl (C=O) groups is 2. The van der Waals surface area contributed by atoms with Gasteiger partial charge in [0.2, 0.25) is 0 Å². The van der Waals surface area contributed by atoms with Gasteiger partial charge in [-0.25, -0.2) is 0 Å². The van der Waals surface area contributed by atoms with E-state index >= 15 is 0 Å². The fourth-order valence-electron chi connectivity index (χ4n) is 4.14. The van der Waals surface area contributed by atoms with Gasteiger partial charge in [0, 0.05) is 36.1 Å². The van der Waals surface area contributed by atoms with Crippen LogP contribution in [0, 0.1) is 5.92 Å². The lowest BCUT2D eigenvalue weighted by molar-refractivity contribution is 0.0950. The number of amides is 2. The van der Waals surface area contributed by atoms with Crippen molar-refractivity contribution in [2.75, 3.05) is 23.3 Å². The minimum absolute atomic E-state index is 0.0426. The van der Waals surface area contributed by atoms with Crippen LogP contribution in [0.15, 0.2) is 42.5 Å². The first-order valence-corrected chi connectivity index (χ1v) is 11.8. The molecule has 0 aromatic heterocycles. The van der Waals surface area contributed by atoms with Crippen LogP contribution in [0.2, 0.25) is 0 Å². The molecule has 1 heterocycles. The van der Waals surface area contributed by atoms with Crippen LogP contribution in [-0.2, 0) is 5.41 Å². The first-order valence-electron chi connectivity index (χ1n) is 11.8. The molecule has 1 aliphatic carbocycles. The highest BCUT2D eigenvalue weighted by atomic mass is 16.2. The Hall–Kier alpha value is -2.82. The number of hydrogen-bond acceptors (Lipinski definition) is 3. The van der Waals surface area contributed by atoms with E-state index in [-0.39, 0.29) is 23.3 Å². The van der Waals surface area contributed by atoms with Gasteiger partial charge in [0.25, 0.3) is 11.8 Å². The molecule has 170 valence electrons. The van der Waals surface area contributed by atoms with Gasteiger partial charge >= 0.3 is 0 Å². The van der Waals surface area contributed by atoms with Crippen LogP contribution < -0.4 is 15.5 Å². The predicted molar refractivity (Wildman–Crippen MR) is 131 cm³/mol. The van der Waals surface area contributed by atoms with Crippen LogP contribution in [0.4, 0.5) is 11.4 Å². The summed E-state index contributed by atoms with van der Waals surface area (Å²) in [5.41, 5.74) is 4.09. The molecule has 2 fully saturated rings. The molecule has 2 aromatic carbocycles. The van der Waals surface area contributed by atoms with E-state index in [1.807, 2.05) is 42.5 Å². The first-order chi connectivity index (χ1) is 15.2. The maximum absolute atomic E-state index is 13.0. The Bertz CT molecular complexity index is 979. The average Bonchev–Trinajstić information content (AvgIpc) is 3.58. The summed E-state index contributed by atoms with van der Waals surface area (Å²) < 4.78 is 0. The van der Waals surface area contributed by atoms with Crippen molar-refractivity contribution in [1.82, 2.24) is 5.32 Å². The van der Waals surface area contributed by atoms with Crippen molar-refractivity contribution < 1.29 is 9.59 Å². The minimum atomic E-state index is -0.168. The number of carbonyl (C=O) groups excluding carboxylic acids is 2. The fourth-order valence-corrected chi connectivity index (χ4v) is 4.14. The van der Waals surface area contributed by atoms with E-state index in [2.05, 4.69) is 43.2 Å². The molecule has 0 spiro atoms. The molecule has 1 saturated carbocycles. The minimum Gasteiger partial charge on any atom is -0.371 e. The van der Waals surface area contributed by atoms with Gasteiger partial charge in [0.05, 0.1) is 5.56 Å². The van der Waals surface area contributed by atoms with E-state index in [1.165, 1.54) is 5.56 Å². The summed E-state index contributed by atoms with van der Waals surface area (Å²) in [4.78, 5) is 28.2. The smallest absolute Gasteiger partial charge is 0.255 e. The highest BCUT2D eigenvalue weighted by Crippen LogP contribution is 2.30. The van der Waals surface area contributed by atoms with Gasteiger partial charge in [-0.2, -0.15) is 0 Å². The fraction of sp³-hybridized carbons (Fsp3) is 0.481. The lowest BCUT2D eigenvalue weighted by atomic mass is 9.87. The Kier molecular flexibility index (Phi) is 6.27. The Morgan fingerprint density at radius 3 is 2.16 bits per heavy atom. The highest BCUT2D eigenvalue weighted by molar-refractivity contribution is 6.06. The molecule has 5 heteroatoms. The second-order valence-corrected chi connectivity index (χ2v) is 10.4. The number of rotatable bonds is 5. The zero-order valence-electron chi connectivity index (χ0n) is 19.7. The molecule has 32 heavy (non-hydrogen) atoms. The van der Waals surface area contributed by atoms with Gasteiger partial charge in [-0.3, -0.25) is 9.59 Å². The second-order valence-electron chi connectivity index (χ2n) is 10.4. The van der Waals surface area contributed by atoms with E-state index in [0.29, 0.717) is 16.8 Å². The predicted octanol–water partition coefficient (Wildman–Crippen LogP) is 5.36. The third-order valence-corrected chi connectivity index (χ3v) is 6.55. The summed E-state index contributed by atoms with van der Waals surface area (Å²) in [6.45, 7) is 10.7. The number of piperidine rings is 1. The molecular weight excluding hydrogens is 398 g/mol. The van der Waals surface area contributed by atoms with E-state index < -0.39 is 0 Å². The molecule has 5 nitrogen and oxygen atoms in total. The van der Waals surface area contributed by atoms with Crippen molar-refractivity contribution in [2.24, 2.45) is 5.92 Å². The third kappa shape index (κ3) is 5.32. The zero-order chi connectivity index (χ0) is 22.9. The van der Waals surface area contributed by atoms with Crippen molar-refractivity contribution >= 4 is 23.2 Å². The van der Waals surface area contributed by atoms with Crippen LogP contribution in [0.1, 0.15) is 79.7 Å². The van der Waals surface area contributed by atoms with Gasteiger partial charge in [-0.15, -0.1) is 0 Å². The summed E-state index contributed by atoms with van der Waals surface area (Å²) in [6.07, 6.45) is 4.35. The summed E-state index contributed by atoms with van der Waals surface area (Å²) in [6, 6.07) is 13.7. The lowest BCUT2D eigenvalue weighted by Gasteiger charge is -2.33. The molecule has 1 saturated heterocycles. The molecule has 4 rings (SSSR count). The molecule has 2 aromatic rings. The SMILES string of the molecule is CC1CCN(c2ccc(NC(=O)c3ccc(C(C)(C)C)cc3)cc2C(=O)NC2CC2)CC1. The number of nitrogens with one attached hydrogen (secondary N) is 2. The summed E-state index contributed by atoms with van der Waals surface area (Å²) in [5.74, 6) is 0.503. The maximum atomic E-state index is 13.0. The monoisotopic (exact) mass is 433 g/mol. The molecule has 2 N–H and O–H groups in total. The molecule has 1 aliphatic heterocycles. The first kappa shape index (κ1) is 22.4. The molecule has 2 amide bonds. The van der Waals surface area contributed by atoms with Gasteiger partial charge < -0.3 is 15.5 Å². The van der Waals surface area contributed by atoms with Crippen molar-refractivity contribution in [3.05, 3.63) is 59.2 Å². The Morgan fingerprint density at radius 2 is 1.56 bits per heavy atom. The van der Waals surface area contributed by atoms with E-state index in [4.69, 9.17) is 0 Å². The third-order valence-electron chi connectivity index (χ3n) is 6.55. The Morgan fingerprint density at radius 1 is 0.906 bits per heavy atom. The quantitative estimate of drug-likeness (QED) is 0.667. The van der Waals surface area contributed by atoms with E-state index in [0.717, 1.165) is 50.4 Å². The van der Waals surface area contributed by atoms with E-state index in [9.17, 15) is 9.59 Å². The topological polar surface area (TPSA) is 61.4 Å². The molecule has 0 unspecified atom stereocenters. The normalized spacial score (nSPS) is 17.2. The zero-order valence-corrected chi connectivity index (χ0v) is 19.7. The Labute approximate surface area is 191 Å². The van der Waals surface area contributed by atoms with Gasteiger partial charge in [0.1, 0.15) is 0 Å². The van der Waals surface area contributed by atoms with Crippen LogP contribution in [0.3, 0.4) is 0 Å². The van der Waals surface area contributed by atoms with Gasteiger partial charge in [-0.1, -0.05) is 39.8 Å². The van der Waals surface area contributed by atoms with Gasteiger partial charge in [0.15, 0.2) is 0 Å². The summed E-state index contributed by atoms with van der Waals surface area (Å²) in [5, 5.41) is 6.09. The van der Waals surface area contributed by atoms with Crippen molar-refractivity contribution in [2.45, 2.75) is 64.8 Å². The van der Waals surface area contributed by atoms with Crippen molar-refractivity contribution in [3.63, 3.8) is 0 Å². The van der Waals surface area contributed by atoms with Crippen LogP contribution in [0.25, 0.3) is 0 Å². The summed E-state index contributed by atoms with van der Waals surface area (Å²) in [7, 11) is 0. The molecule has 0 radical (unpaired) electrons. The van der Waals surface area contributed by atoms with Crippen LogP contribution in [-0.4, -0.2) is 30.9 Å². The molecule has 0 bridgehead atoms. The standard InChI is InChI=1S/C27H35N3O2/c1-18-13-15-30(16-14-18)24-12-11-22(17-23(24)26(32)28-21-9-10-21)29-25(31)19-5-7-20(8-6-19)27(2,3)4/h5-8,11-12,17-18,21H,9-10,13-16H2,1-4H3,(H,28,32)(H,29,31). The average molecular weight is 434 g/mol.